The SMILES string of the molecule is CC(=O)N1CCN(c2ccccc2CNCc2ccc3[nH]c(=O)oc3c2)CC1. The number of nitrogens with one attached hydrogen (secondary N) is 2. The second-order valence-electron chi connectivity index (χ2n) is 7.07. The molecule has 7 nitrogen and oxygen atoms in total. The van der Waals surface area contributed by atoms with Crippen LogP contribution in [0.2, 0.25) is 0 Å². The number of amides is 1. The Morgan fingerprint density at radius 3 is 2.68 bits per heavy atom. The lowest BCUT2D eigenvalue weighted by Crippen LogP contribution is -2.48. The van der Waals surface area contributed by atoms with Gasteiger partial charge in [-0.3, -0.25) is 9.78 Å². The first-order valence-electron chi connectivity index (χ1n) is 9.51. The van der Waals surface area contributed by atoms with Crippen molar-refractivity contribution in [2.45, 2.75) is 20.0 Å². The minimum atomic E-state index is -0.432. The molecule has 3 aromatic rings. The fourth-order valence-corrected chi connectivity index (χ4v) is 3.67. The Morgan fingerprint density at radius 1 is 1.11 bits per heavy atom. The smallest absolute Gasteiger partial charge is 0.408 e. The van der Waals surface area contributed by atoms with Crippen LogP contribution < -0.4 is 16.0 Å². The van der Waals surface area contributed by atoms with Crippen molar-refractivity contribution < 1.29 is 9.21 Å². The minimum Gasteiger partial charge on any atom is -0.408 e. The molecule has 1 amide bonds. The van der Waals surface area contributed by atoms with Gasteiger partial charge in [0, 0.05) is 51.9 Å². The zero-order valence-electron chi connectivity index (χ0n) is 15.9. The van der Waals surface area contributed by atoms with Gasteiger partial charge in [-0.15, -0.1) is 0 Å². The number of benzene rings is 2. The average molecular weight is 380 g/mol. The van der Waals surface area contributed by atoms with E-state index in [0.717, 1.165) is 38.3 Å². The van der Waals surface area contributed by atoms with Crippen molar-refractivity contribution in [3.05, 3.63) is 64.1 Å². The lowest BCUT2D eigenvalue weighted by molar-refractivity contribution is -0.129. The van der Waals surface area contributed by atoms with Crippen LogP contribution in [0.3, 0.4) is 0 Å². The van der Waals surface area contributed by atoms with Gasteiger partial charge < -0.3 is 19.5 Å². The topological polar surface area (TPSA) is 81.6 Å². The number of piperazine rings is 1. The number of carbonyl (C=O) groups is 1. The van der Waals surface area contributed by atoms with Crippen molar-refractivity contribution in [1.29, 1.82) is 0 Å². The minimum absolute atomic E-state index is 0.143. The Hall–Kier alpha value is -3.06. The van der Waals surface area contributed by atoms with Gasteiger partial charge in [0.05, 0.1) is 5.52 Å². The highest BCUT2D eigenvalue weighted by Crippen LogP contribution is 2.22. The number of aromatic nitrogens is 1. The van der Waals surface area contributed by atoms with Crippen LogP contribution in [-0.4, -0.2) is 42.0 Å². The monoisotopic (exact) mass is 380 g/mol. The number of anilines is 1. The van der Waals surface area contributed by atoms with E-state index in [9.17, 15) is 9.59 Å². The van der Waals surface area contributed by atoms with Gasteiger partial charge in [0.2, 0.25) is 5.91 Å². The van der Waals surface area contributed by atoms with E-state index < -0.39 is 5.76 Å². The largest absolute Gasteiger partial charge is 0.417 e. The third-order valence-corrected chi connectivity index (χ3v) is 5.19. The summed E-state index contributed by atoms with van der Waals surface area (Å²) in [6.07, 6.45) is 0. The van der Waals surface area contributed by atoms with E-state index in [2.05, 4.69) is 33.4 Å². The standard InChI is InChI=1S/C21H24N4O3/c1-15(26)24-8-10-25(11-9-24)19-5-3-2-4-17(19)14-22-13-16-6-7-18-20(12-16)28-21(27)23-18/h2-7,12,22H,8-11,13-14H2,1H3,(H,23,27). The number of fused-ring (bicyclic) bond motifs is 1. The lowest BCUT2D eigenvalue weighted by atomic mass is 10.1. The Labute approximate surface area is 162 Å². The van der Waals surface area contributed by atoms with Crippen molar-refractivity contribution in [2.75, 3.05) is 31.1 Å². The molecule has 0 aliphatic carbocycles. The van der Waals surface area contributed by atoms with Gasteiger partial charge in [-0.1, -0.05) is 24.3 Å². The van der Waals surface area contributed by atoms with E-state index in [1.807, 2.05) is 29.2 Å². The van der Waals surface area contributed by atoms with Crippen molar-refractivity contribution in [3.63, 3.8) is 0 Å². The third kappa shape index (κ3) is 3.94. The molecule has 0 spiro atoms. The van der Waals surface area contributed by atoms with E-state index >= 15 is 0 Å². The molecule has 1 fully saturated rings. The summed E-state index contributed by atoms with van der Waals surface area (Å²) in [7, 11) is 0. The number of nitrogens with zero attached hydrogens (tertiary/aromatic N) is 2. The number of oxazole rings is 1. The fourth-order valence-electron chi connectivity index (χ4n) is 3.67. The lowest BCUT2D eigenvalue weighted by Gasteiger charge is -2.36. The molecule has 2 N–H and O–H groups in total. The molecule has 0 radical (unpaired) electrons. The maximum absolute atomic E-state index is 11.5. The van der Waals surface area contributed by atoms with Gasteiger partial charge >= 0.3 is 5.76 Å². The Kier molecular flexibility index (Phi) is 5.16. The van der Waals surface area contributed by atoms with Gasteiger partial charge in [0.15, 0.2) is 5.58 Å². The highest BCUT2D eigenvalue weighted by molar-refractivity contribution is 5.74. The predicted molar refractivity (Wildman–Crippen MR) is 108 cm³/mol. The van der Waals surface area contributed by atoms with E-state index in [-0.39, 0.29) is 5.91 Å². The number of aromatic amines is 1. The number of hydrogen-bond donors (Lipinski definition) is 2. The van der Waals surface area contributed by atoms with Crippen LogP contribution in [0.4, 0.5) is 5.69 Å². The van der Waals surface area contributed by atoms with Crippen LogP contribution in [0.15, 0.2) is 51.7 Å². The molecule has 4 rings (SSSR count). The summed E-state index contributed by atoms with van der Waals surface area (Å²) in [5.74, 6) is -0.288. The summed E-state index contributed by atoms with van der Waals surface area (Å²) < 4.78 is 5.12. The summed E-state index contributed by atoms with van der Waals surface area (Å²) in [6, 6.07) is 14.1. The van der Waals surface area contributed by atoms with Crippen LogP contribution in [0.25, 0.3) is 11.1 Å². The summed E-state index contributed by atoms with van der Waals surface area (Å²) in [6.45, 7) is 6.26. The van der Waals surface area contributed by atoms with Crippen LogP contribution in [0, 0.1) is 0 Å². The highest BCUT2D eigenvalue weighted by Gasteiger charge is 2.20. The molecule has 2 aromatic carbocycles. The molecular formula is C21H24N4O3. The molecule has 7 heteroatoms. The van der Waals surface area contributed by atoms with Gasteiger partial charge in [-0.2, -0.15) is 0 Å². The van der Waals surface area contributed by atoms with E-state index in [1.54, 1.807) is 6.92 Å². The highest BCUT2D eigenvalue weighted by atomic mass is 16.4. The molecule has 0 unspecified atom stereocenters. The molecule has 146 valence electrons. The summed E-state index contributed by atoms with van der Waals surface area (Å²) in [5.41, 5.74) is 4.79. The summed E-state index contributed by atoms with van der Waals surface area (Å²) >= 11 is 0. The van der Waals surface area contributed by atoms with Gasteiger partial charge in [0.25, 0.3) is 0 Å². The van der Waals surface area contributed by atoms with E-state index in [4.69, 9.17) is 4.42 Å². The number of rotatable bonds is 5. The Bertz CT molecular complexity index is 1030. The molecule has 1 saturated heterocycles. The Morgan fingerprint density at radius 2 is 1.89 bits per heavy atom. The molecule has 0 saturated carbocycles. The molecule has 1 aliphatic rings. The third-order valence-electron chi connectivity index (χ3n) is 5.19. The Balaban J connectivity index is 1.39. The first kappa shape index (κ1) is 18.3. The van der Waals surface area contributed by atoms with Crippen molar-refractivity contribution >= 4 is 22.7 Å². The molecular weight excluding hydrogens is 356 g/mol. The fraction of sp³-hybridized carbons (Fsp3) is 0.333. The molecule has 28 heavy (non-hydrogen) atoms. The molecule has 2 heterocycles. The molecule has 1 aromatic heterocycles. The first-order valence-corrected chi connectivity index (χ1v) is 9.51. The predicted octanol–water partition coefficient (Wildman–Crippen LogP) is 2.08. The second kappa shape index (κ2) is 7.90. The number of carbonyl (C=O) groups excluding carboxylic acids is 1. The summed E-state index contributed by atoms with van der Waals surface area (Å²) in [4.78, 5) is 29.7. The maximum atomic E-state index is 11.5. The number of H-pyrrole nitrogens is 1. The maximum Gasteiger partial charge on any atom is 0.417 e. The first-order chi connectivity index (χ1) is 13.6. The van der Waals surface area contributed by atoms with Gasteiger partial charge in [-0.25, -0.2) is 4.79 Å². The molecule has 0 bridgehead atoms. The average Bonchev–Trinajstić information content (AvgIpc) is 3.08. The molecule has 0 atom stereocenters. The van der Waals surface area contributed by atoms with Crippen LogP contribution in [0.1, 0.15) is 18.1 Å². The number of hydrogen-bond acceptors (Lipinski definition) is 5. The van der Waals surface area contributed by atoms with Crippen LogP contribution in [0.5, 0.6) is 0 Å². The zero-order valence-corrected chi connectivity index (χ0v) is 15.9. The zero-order chi connectivity index (χ0) is 19.5. The number of para-hydroxylation sites is 1. The van der Waals surface area contributed by atoms with Gasteiger partial charge in [-0.05, 0) is 29.3 Å². The van der Waals surface area contributed by atoms with Crippen molar-refractivity contribution in [1.82, 2.24) is 15.2 Å². The van der Waals surface area contributed by atoms with Gasteiger partial charge in [0.1, 0.15) is 0 Å². The normalized spacial score (nSPS) is 14.6. The van der Waals surface area contributed by atoms with E-state index in [1.165, 1.54) is 11.3 Å². The van der Waals surface area contributed by atoms with E-state index in [0.29, 0.717) is 17.6 Å². The summed E-state index contributed by atoms with van der Waals surface area (Å²) in [5, 5.41) is 3.47. The van der Waals surface area contributed by atoms with Crippen LogP contribution in [-0.2, 0) is 17.9 Å². The second-order valence-corrected chi connectivity index (χ2v) is 7.07. The van der Waals surface area contributed by atoms with Crippen molar-refractivity contribution in [3.8, 4) is 0 Å². The van der Waals surface area contributed by atoms with Crippen LogP contribution >= 0.6 is 0 Å². The molecule has 1 aliphatic heterocycles. The van der Waals surface area contributed by atoms with Crippen molar-refractivity contribution in [2.24, 2.45) is 0 Å². The quantitative estimate of drug-likeness (QED) is 0.708.